The molecular formula is C8H15BO2. The van der Waals surface area contributed by atoms with Crippen molar-refractivity contribution < 1.29 is 9.84 Å². The molecule has 62 valence electrons. The van der Waals surface area contributed by atoms with Crippen molar-refractivity contribution in [2.45, 2.75) is 38.3 Å². The first kappa shape index (κ1) is 9.08. The van der Waals surface area contributed by atoms with Crippen LogP contribution in [-0.4, -0.2) is 31.2 Å². The van der Waals surface area contributed by atoms with Gasteiger partial charge >= 0.3 is 0 Å². The van der Waals surface area contributed by atoms with Crippen molar-refractivity contribution in [2.24, 2.45) is 5.92 Å². The third-order valence-electron chi connectivity index (χ3n) is 2.74. The number of aliphatic hydroxyl groups is 1. The van der Waals surface area contributed by atoms with Gasteiger partial charge in [-0.05, 0) is 18.8 Å². The van der Waals surface area contributed by atoms with Gasteiger partial charge in [0.1, 0.15) is 7.85 Å². The normalized spacial score (nSPS) is 44.6. The predicted octanol–water partition coefficient (Wildman–Crippen LogP) is 0.678. The average molecular weight is 154 g/mol. The lowest BCUT2D eigenvalue weighted by Gasteiger charge is -2.29. The third kappa shape index (κ3) is 1.45. The molecule has 0 aliphatic carbocycles. The molecule has 1 aliphatic heterocycles. The van der Waals surface area contributed by atoms with Crippen LogP contribution in [0.25, 0.3) is 0 Å². The summed E-state index contributed by atoms with van der Waals surface area (Å²) in [5.41, 5.74) is -0.362. The van der Waals surface area contributed by atoms with E-state index >= 15 is 0 Å². The van der Waals surface area contributed by atoms with Gasteiger partial charge in [-0.2, -0.15) is 0 Å². The van der Waals surface area contributed by atoms with Crippen LogP contribution in [-0.2, 0) is 4.74 Å². The van der Waals surface area contributed by atoms with Crippen molar-refractivity contribution in [3.05, 3.63) is 0 Å². The first-order valence-corrected chi connectivity index (χ1v) is 4.19. The van der Waals surface area contributed by atoms with Gasteiger partial charge < -0.3 is 9.84 Å². The van der Waals surface area contributed by atoms with E-state index in [0.29, 0.717) is 5.92 Å². The summed E-state index contributed by atoms with van der Waals surface area (Å²) in [5, 5.41) is 9.12. The summed E-state index contributed by atoms with van der Waals surface area (Å²) in [6.45, 7) is 4.18. The quantitative estimate of drug-likeness (QED) is 0.592. The summed E-state index contributed by atoms with van der Waals surface area (Å²) in [4.78, 5) is 0. The van der Waals surface area contributed by atoms with E-state index in [4.69, 9.17) is 17.7 Å². The Morgan fingerprint density at radius 1 is 1.73 bits per heavy atom. The molecule has 1 fully saturated rings. The fourth-order valence-electron chi connectivity index (χ4n) is 1.77. The average Bonchev–Trinajstić information content (AvgIpc) is 2.27. The van der Waals surface area contributed by atoms with Crippen LogP contribution in [0.4, 0.5) is 0 Å². The maximum absolute atomic E-state index is 9.12. The van der Waals surface area contributed by atoms with Gasteiger partial charge in [-0.1, -0.05) is 13.8 Å². The van der Waals surface area contributed by atoms with E-state index in [1.807, 2.05) is 6.92 Å². The Bertz CT molecular complexity index is 134. The Morgan fingerprint density at radius 3 is 2.55 bits per heavy atom. The number of rotatable bonds is 2. The van der Waals surface area contributed by atoms with Crippen molar-refractivity contribution in [1.82, 2.24) is 0 Å². The smallest absolute Gasteiger partial charge is 0.109 e. The zero-order valence-electron chi connectivity index (χ0n) is 7.21. The van der Waals surface area contributed by atoms with Crippen LogP contribution in [0.5, 0.6) is 0 Å². The molecule has 1 saturated heterocycles. The topological polar surface area (TPSA) is 29.5 Å². The van der Waals surface area contributed by atoms with Crippen LogP contribution in [0.2, 0.25) is 0 Å². The number of ether oxygens (including phenoxy) is 1. The minimum Gasteiger partial charge on any atom is -0.393 e. The van der Waals surface area contributed by atoms with Gasteiger partial charge in [0.05, 0.1) is 12.2 Å². The van der Waals surface area contributed by atoms with E-state index in [2.05, 4.69) is 6.92 Å². The van der Waals surface area contributed by atoms with Gasteiger partial charge in [-0.25, -0.2) is 0 Å². The lowest BCUT2D eigenvalue weighted by molar-refractivity contribution is -0.0709. The van der Waals surface area contributed by atoms with Gasteiger partial charge in [0, 0.05) is 6.00 Å². The summed E-state index contributed by atoms with van der Waals surface area (Å²) in [6.07, 6.45) is 1.69. The molecule has 1 rings (SSSR count). The molecule has 0 spiro atoms. The monoisotopic (exact) mass is 154 g/mol. The Hall–Kier alpha value is -0.0151. The predicted molar refractivity (Wildman–Crippen MR) is 44.5 cm³/mol. The fraction of sp³-hybridized carbons (Fsp3) is 1.00. The number of hydrogen-bond acceptors (Lipinski definition) is 2. The second-order valence-corrected chi connectivity index (χ2v) is 3.37. The van der Waals surface area contributed by atoms with E-state index in [1.54, 1.807) is 0 Å². The summed E-state index contributed by atoms with van der Waals surface area (Å²) >= 11 is 0. The van der Waals surface area contributed by atoms with Gasteiger partial charge in [0.25, 0.3) is 0 Å². The highest BCUT2D eigenvalue weighted by molar-refractivity contribution is 6.11. The minimum absolute atomic E-state index is 0.0817. The standard InChI is InChI=1S/C8H15BO2/c1-3-8(5-10)6(2)4-7(9)11-8/h6-7,10H,3-5H2,1-2H3/t6-,7-,8-/m1/s1. The molecule has 1 heterocycles. The molecule has 0 aromatic heterocycles. The van der Waals surface area contributed by atoms with E-state index in [1.165, 1.54) is 0 Å². The second kappa shape index (κ2) is 3.15. The molecule has 0 aromatic carbocycles. The van der Waals surface area contributed by atoms with E-state index < -0.39 is 0 Å². The van der Waals surface area contributed by atoms with E-state index in [-0.39, 0.29) is 18.2 Å². The lowest BCUT2D eigenvalue weighted by atomic mass is 9.84. The molecule has 3 heteroatoms. The first-order valence-electron chi connectivity index (χ1n) is 4.19. The molecule has 0 amide bonds. The SMILES string of the molecule is [B][C@H]1C[C@@H](C)[C@@](CC)(CO)O1. The molecule has 1 N–H and O–H groups in total. The number of hydrogen-bond donors (Lipinski definition) is 1. The van der Waals surface area contributed by atoms with Crippen molar-refractivity contribution >= 4 is 7.85 Å². The summed E-state index contributed by atoms with van der Waals surface area (Å²) in [7, 11) is 5.62. The summed E-state index contributed by atoms with van der Waals surface area (Å²) < 4.78 is 5.49. The second-order valence-electron chi connectivity index (χ2n) is 3.37. The van der Waals surface area contributed by atoms with Crippen molar-refractivity contribution in [1.29, 1.82) is 0 Å². The molecule has 2 radical (unpaired) electrons. The van der Waals surface area contributed by atoms with Crippen molar-refractivity contribution in [3.63, 3.8) is 0 Å². The Kier molecular flexibility index (Phi) is 2.60. The molecule has 2 nitrogen and oxygen atoms in total. The molecule has 0 saturated carbocycles. The van der Waals surface area contributed by atoms with Crippen LogP contribution in [0.15, 0.2) is 0 Å². The fourth-order valence-corrected chi connectivity index (χ4v) is 1.77. The van der Waals surface area contributed by atoms with Crippen LogP contribution in [0.3, 0.4) is 0 Å². The molecule has 11 heavy (non-hydrogen) atoms. The molecule has 0 aromatic rings. The molecule has 3 atom stereocenters. The van der Waals surface area contributed by atoms with Crippen molar-refractivity contribution in [3.8, 4) is 0 Å². The highest BCUT2D eigenvalue weighted by Gasteiger charge is 2.42. The zero-order chi connectivity index (χ0) is 8.48. The van der Waals surface area contributed by atoms with Crippen molar-refractivity contribution in [2.75, 3.05) is 6.61 Å². The molecule has 0 unspecified atom stereocenters. The Balaban J connectivity index is 2.67. The Labute approximate surface area is 69.3 Å². The minimum atomic E-state index is -0.362. The largest absolute Gasteiger partial charge is 0.393 e. The maximum atomic E-state index is 9.12. The van der Waals surface area contributed by atoms with Gasteiger partial charge in [-0.15, -0.1) is 0 Å². The first-order chi connectivity index (χ1) is 5.14. The molecule has 1 aliphatic rings. The Morgan fingerprint density at radius 2 is 2.36 bits per heavy atom. The van der Waals surface area contributed by atoms with Gasteiger partial charge in [0.15, 0.2) is 0 Å². The zero-order valence-corrected chi connectivity index (χ0v) is 7.21. The van der Waals surface area contributed by atoms with Crippen LogP contribution < -0.4 is 0 Å². The number of aliphatic hydroxyl groups excluding tert-OH is 1. The van der Waals surface area contributed by atoms with E-state index in [9.17, 15) is 0 Å². The molecular weight excluding hydrogens is 139 g/mol. The van der Waals surface area contributed by atoms with Crippen LogP contribution in [0, 0.1) is 5.92 Å². The van der Waals surface area contributed by atoms with Gasteiger partial charge in [-0.3, -0.25) is 0 Å². The highest BCUT2D eigenvalue weighted by Crippen LogP contribution is 2.36. The van der Waals surface area contributed by atoms with E-state index in [0.717, 1.165) is 12.8 Å². The summed E-state index contributed by atoms with van der Waals surface area (Å²) in [5.74, 6) is 0.368. The summed E-state index contributed by atoms with van der Waals surface area (Å²) in [6, 6.07) is -0.183. The lowest BCUT2D eigenvalue weighted by Crippen LogP contribution is -2.38. The molecule has 0 bridgehead atoms. The van der Waals surface area contributed by atoms with Gasteiger partial charge in [0.2, 0.25) is 0 Å². The van der Waals surface area contributed by atoms with Crippen LogP contribution in [0.1, 0.15) is 26.7 Å². The van der Waals surface area contributed by atoms with Crippen LogP contribution >= 0.6 is 0 Å². The highest BCUT2D eigenvalue weighted by atomic mass is 16.5. The third-order valence-corrected chi connectivity index (χ3v) is 2.74. The maximum Gasteiger partial charge on any atom is 0.109 e.